The van der Waals surface area contributed by atoms with E-state index in [1.54, 1.807) is 48.5 Å². The van der Waals surface area contributed by atoms with E-state index in [1.165, 1.54) is 12.1 Å². The smallest absolute Gasteiger partial charge is 0.347 e. The molecule has 0 fully saturated rings. The van der Waals surface area contributed by atoms with Crippen LogP contribution in [0.15, 0.2) is 60.7 Å². The summed E-state index contributed by atoms with van der Waals surface area (Å²) >= 11 is 0. The number of carbonyl (C=O) groups is 4. The Bertz CT molecular complexity index is 1180. The summed E-state index contributed by atoms with van der Waals surface area (Å²) in [5.41, 5.74) is 1.14. The normalized spacial score (nSPS) is 14.4. The van der Waals surface area contributed by atoms with E-state index in [9.17, 15) is 19.2 Å². The van der Waals surface area contributed by atoms with Crippen molar-refractivity contribution in [1.82, 2.24) is 0 Å². The van der Waals surface area contributed by atoms with Crippen LogP contribution >= 0.6 is 0 Å². The Morgan fingerprint density at radius 2 is 1.10 bits per heavy atom. The first-order valence-corrected chi connectivity index (χ1v) is 9.05. The van der Waals surface area contributed by atoms with Crippen LogP contribution in [-0.2, 0) is 4.74 Å². The van der Waals surface area contributed by atoms with Gasteiger partial charge in [0.25, 0.3) is 0 Å². The molecule has 0 aromatic heterocycles. The third-order valence-electron chi connectivity index (χ3n) is 4.81. The fourth-order valence-corrected chi connectivity index (χ4v) is 3.40. The topological polar surface area (TPSA) is 96.0 Å². The summed E-state index contributed by atoms with van der Waals surface area (Å²) in [4.78, 5) is 46.9. The monoisotopic (exact) mass is 400 g/mol. The molecule has 0 amide bonds. The summed E-state index contributed by atoms with van der Waals surface area (Å²) in [6, 6.07) is 16.0. The van der Waals surface area contributed by atoms with Crippen molar-refractivity contribution in [2.75, 3.05) is 0 Å². The molecule has 0 unspecified atom stereocenters. The molecule has 1 heterocycles. The van der Waals surface area contributed by atoms with Crippen molar-refractivity contribution in [3.05, 3.63) is 82.9 Å². The Morgan fingerprint density at radius 3 is 1.80 bits per heavy atom. The predicted octanol–water partition coefficient (Wildman–Crippen LogP) is 4.35. The SMILES string of the molecule is O=C1CC(=O)c2cc(Oc3cccc(Oc4ccc5c(c4)C(=O)OC5=O)c3)ccc21. The number of benzene rings is 3. The number of rotatable bonds is 4. The first-order chi connectivity index (χ1) is 14.5. The maximum absolute atomic E-state index is 11.9. The van der Waals surface area contributed by atoms with Crippen molar-refractivity contribution in [3.8, 4) is 23.0 Å². The standard InChI is InChI=1S/C23H12O7/c24-20-11-21(25)18-9-14(4-6-16(18)20)28-12-2-1-3-13(8-12)29-15-5-7-17-19(10-15)23(27)30-22(17)26/h1-10H,11H2. The van der Waals surface area contributed by atoms with Crippen LogP contribution in [0.2, 0.25) is 0 Å². The molecule has 0 saturated heterocycles. The van der Waals surface area contributed by atoms with E-state index >= 15 is 0 Å². The molecule has 0 radical (unpaired) electrons. The van der Waals surface area contributed by atoms with E-state index in [0.29, 0.717) is 34.1 Å². The Kier molecular flexibility index (Phi) is 3.96. The van der Waals surface area contributed by atoms with Gasteiger partial charge in [-0.25, -0.2) is 9.59 Å². The fraction of sp³-hybridized carbons (Fsp3) is 0.0435. The van der Waals surface area contributed by atoms with Gasteiger partial charge in [-0.1, -0.05) is 6.07 Å². The molecule has 1 aliphatic heterocycles. The molecule has 3 aromatic rings. The highest BCUT2D eigenvalue weighted by Gasteiger charge is 2.30. The highest BCUT2D eigenvalue weighted by Crippen LogP contribution is 2.32. The second kappa shape index (κ2) is 6.66. The summed E-state index contributed by atoms with van der Waals surface area (Å²) < 4.78 is 16.2. The zero-order valence-electron chi connectivity index (χ0n) is 15.3. The van der Waals surface area contributed by atoms with Gasteiger partial charge in [0, 0.05) is 17.2 Å². The zero-order valence-corrected chi connectivity index (χ0v) is 15.3. The van der Waals surface area contributed by atoms with Gasteiger partial charge in [0.2, 0.25) is 0 Å². The number of ketones is 2. The van der Waals surface area contributed by atoms with Gasteiger partial charge in [0.15, 0.2) is 11.6 Å². The predicted molar refractivity (Wildman–Crippen MR) is 102 cm³/mol. The highest BCUT2D eigenvalue weighted by molar-refractivity contribution is 6.24. The molecule has 0 N–H and O–H groups in total. The van der Waals surface area contributed by atoms with Crippen LogP contribution in [0.25, 0.3) is 0 Å². The van der Waals surface area contributed by atoms with E-state index in [4.69, 9.17) is 9.47 Å². The lowest BCUT2D eigenvalue weighted by Crippen LogP contribution is -1.96. The summed E-state index contributed by atoms with van der Waals surface area (Å²) in [5.74, 6) is -0.0962. The summed E-state index contributed by atoms with van der Waals surface area (Å²) in [7, 11) is 0. The molecule has 0 bridgehead atoms. The van der Waals surface area contributed by atoms with Gasteiger partial charge >= 0.3 is 11.9 Å². The number of ether oxygens (including phenoxy) is 3. The molecule has 7 heteroatoms. The lowest BCUT2D eigenvalue weighted by molar-refractivity contribution is 0.0443. The maximum Gasteiger partial charge on any atom is 0.347 e. The number of carbonyl (C=O) groups excluding carboxylic acids is 4. The lowest BCUT2D eigenvalue weighted by Gasteiger charge is -2.10. The van der Waals surface area contributed by atoms with Crippen LogP contribution < -0.4 is 9.47 Å². The fourth-order valence-electron chi connectivity index (χ4n) is 3.40. The molecule has 146 valence electrons. The molecule has 1 aliphatic carbocycles. The van der Waals surface area contributed by atoms with Gasteiger partial charge in [0.1, 0.15) is 23.0 Å². The third kappa shape index (κ3) is 3.02. The number of fused-ring (bicyclic) bond motifs is 2. The number of esters is 2. The molecule has 5 rings (SSSR count). The second-order valence-electron chi connectivity index (χ2n) is 6.79. The largest absolute Gasteiger partial charge is 0.457 e. The Balaban J connectivity index is 1.37. The van der Waals surface area contributed by atoms with Gasteiger partial charge < -0.3 is 14.2 Å². The van der Waals surface area contributed by atoms with Gasteiger partial charge in [-0.05, 0) is 48.5 Å². The highest BCUT2D eigenvalue weighted by atomic mass is 16.6. The minimum Gasteiger partial charge on any atom is -0.457 e. The van der Waals surface area contributed by atoms with Crippen LogP contribution in [-0.4, -0.2) is 23.5 Å². The van der Waals surface area contributed by atoms with E-state index in [1.807, 2.05) is 0 Å². The van der Waals surface area contributed by atoms with E-state index in [2.05, 4.69) is 4.74 Å². The van der Waals surface area contributed by atoms with Crippen LogP contribution in [0.5, 0.6) is 23.0 Å². The Hall–Kier alpha value is -4.26. The first-order valence-electron chi connectivity index (χ1n) is 9.05. The molecule has 0 spiro atoms. The quantitative estimate of drug-likeness (QED) is 0.474. The van der Waals surface area contributed by atoms with Crippen molar-refractivity contribution in [3.63, 3.8) is 0 Å². The molecule has 2 aliphatic rings. The molecule has 30 heavy (non-hydrogen) atoms. The summed E-state index contributed by atoms with van der Waals surface area (Å²) in [6.45, 7) is 0. The Morgan fingerprint density at radius 1 is 0.567 bits per heavy atom. The number of hydrogen-bond acceptors (Lipinski definition) is 7. The molecule has 0 atom stereocenters. The molecular formula is C23H12O7. The molecule has 7 nitrogen and oxygen atoms in total. The van der Waals surface area contributed by atoms with Crippen LogP contribution in [0.4, 0.5) is 0 Å². The second-order valence-corrected chi connectivity index (χ2v) is 6.79. The molecular weight excluding hydrogens is 388 g/mol. The summed E-state index contributed by atoms with van der Waals surface area (Å²) in [5, 5.41) is 0. The van der Waals surface area contributed by atoms with E-state index in [0.717, 1.165) is 0 Å². The third-order valence-corrected chi connectivity index (χ3v) is 4.81. The van der Waals surface area contributed by atoms with Crippen LogP contribution in [0, 0.1) is 0 Å². The van der Waals surface area contributed by atoms with Crippen molar-refractivity contribution >= 4 is 23.5 Å². The average Bonchev–Trinajstić information content (AvgIpc) is 3.17. The van der Waals surface area contributed by atoms with Crippen molar-refractivity contribution in [2.24, 2.45) is 0 Å². The van der Waals surface area contributed by atoms with E-state index in [-0.39, 0.29) is 29.1 Å². The Labute approximate surface area is 169 Å². The molecule has 3 aromatic carbocycles. The minimum absolute atomic E-state index is 0.109. The number of cyclic esters (lactones) is 2. The van der Waals surface area contributed by atoms with Gasteiger partial charge in [-0.2, -0.15) is 0 Å². The minimum atomic E-state index is -0.706. The summed E-state index contributed by atoms with van der Waals surface area (Å²) in [6.07, 6.45) is -0.109. The lowest BCUT2D eigenvalue weighted by atomic mass is 10.1. The van der Waals surface area contributed by atoms with Crippen LogP contribution in [0.3, 0.4) is 0 Å². The van der Waals surface area contributed by atoms with Crippen molar-refractivity contribution < 1.29 is 33.4 Å². The van der Waals surface area contributed by atoms with E-state index < -0.39 is 11.9 Å². The first kappa shape index (κ1) is 17.8. The number of hydrogen-bond donors (Lipinski definition) is 0. The number of Topliss-reactive ketones (excluding diaryl/α,β-unsaturated/α-hetero) is 2. The van der Waals surface area contributed by atoms with Gasteiger partial charge in [0.05, 0.1) is 17.5 Å². The average molecular weight is 400 g/mol. The van der Waals surface area contributed by atoms with Gasteiger partial charge in [-0.3, -0.25) is 9.59 Å². The van der Waals surface area contributed by atoms with Crippen molar-refractivity contribution in [2.45, 2.75) is 6.42 Å². The van der Waals surface area contributed by atoms with Crippen LogP contribution in [0.1, 0.15) is 47.9 Å². The molecule has 0 saturated carbocycles. The maximum atomic E-state index is 11.9. The van der Waals surface area contributed by atoms with Crippen molar-refractivity contribution in [1.29, 1.82) is 0 Å². The zero-order chi connectivity index (χ0) is 20.8. The van der Waals surface area contributed by atoms with Gasteiger partial charge in [-0.15, -0.1) is 0 Å².